The van der Waals surface area contributed by atoms with Crippen molar-refractivity contribution in [1.29, 1.82) is 0 Å². The summed E-state index contributed by atoms with van der Waals surface area (Å²) in [6.07, 6.45) is 3.26. The SMILES string of the molecule is CC(C)N1CC2CC2(c2cccc3ncccc23)C1. The fourth-order valence-corrected chi connectivity index (χ4v) is 3.87. The Morgan fingerprint density at radius 2 is 2.16 bits per heavy atom. The highest BCUT2D eigenvalue weighted by atomic mass is 15.2. The van der Waals surface area contributed by atoms with Crippen molar-refractivity contribution in [3.8, 4) is 0 Å². The molecule has 1 saturated heterocycles. The summed E-state index contributed by atoms with van der Waals surface area (Å²) in [6.45, 7) is 7.11. The minimum Gasteiger partial charge on any atom is -0.300 e. The van der Waals surface area contributed by atoms with Crippen LogP contribution in [0.4, 0.5) is 0 Å². The van der Waals surface area contributed by atoms with Gasteiger partial charge in [-0.25, -0.2) is 0 Å². The molecule has 2 fully saturated rings. The first-order valence-electron chi connectivity index (χ1n) is 7.29. The molecule has 2 atom stereocenters. The molecule has 1 aromatic carbocycles. The molecule has 0 N–H and O–H groups in total. The number of rotatable bonds is 2. The van der Waals surface area contributed by atoms with Gasteiger partial charge in [0.2, 0.25) is 0 Å². The van der Waals surface area contributed by atoms with E-state index in [1.165, 1.54) is 30.5 Å². The minimum atomic E-state index is 0.423. The van der Waals surface area contributed by atoms with Gasteiger partial charge in [-0.1, -0.05) is 18.2 Å². The number of likely N-dealkylation sites (tertiary alicyclic amines) is 1. The second-order valence-electron chi connectivity index (χ2n) is 6.46. The average Bonchev–Trinajstić information content (AvgIpc) is 3.00. The molecule has 0 bridgehead atoms. The number of hydrogen-bond donors (Lipinski definition) is 0. The van der Waals surface area contributed by atoms with Crippen LogP contribution in [0, 0.1) is 5.92 Å². The van der Waals surface area contributed by atoms with Gasteiger partial charge >= 0.3 is 0 Å². The van der Waals surface area contributed by atoms with Gasteiger partial charge in [0.1, 0.15) is 0 Å². The second-order valence-corrected chi connectivity index (χ2v) is 6.46. The van der Waals surface area contributed by atoms with Crippen LogP contribution >= 0.6 is 0 Å². The number of fused-ring (bicyclic) bond motifs is 2. The van der Waals surface area contributed by atoms with Crippen molar-refractivity contribution < 1.29 is 0 Å². The molecule has 2 unspecified atom stereocenters. The van der Waals surface area contributed by atoms with Crippen molar-refractivity contribution >= 4 is 10.9 Å². The van der Waals surface area contributed by atoms with Crippen molar-refractivity contribution in [2.24, 2.45) is 5.92 Å². The quantitative estimate of drug-likeness (QED) is 0.816. The summed E-state index contributed by atoms with van der Waals surface area (Å²) < 4.78 is 0. The Kier molecular flexibility index (Phi) is 2.28. The first-order valence-corrected chi connectivity index (χ1v) is 7.29. The van der Waals surface area contributed by atoms with Gasteiger partial charge in [-0.2, -0.15) is 0 Å². The lowest BCUT2D eigenvalue weighted by Gasteiger charge is -2.25. The summed E-state index contributed by atoms with van der Waals surface area (Å²) in [4.78, 5) is 7.13. The van der Waals surface area contributed by atoms with E-state index < -0.39 is 0 Å². The highest BCUT2D eigenvalue weighted by Gasteiger charge is 2.61. The summed E-state index contributed by atoms with van der Waals surface area (Å²) in [5.41, 5.74) is 3.10. The van der Waals surface area contributed by atoms with Gasteiger partial charge in [0, 0.05) is 36.1 Å². The molecule has 0 spiro atoms. The number of piperidine rings is 1. The van der Waals surface area contributed by atoms with Crippen LogP contribution in [0.3, 0.4) is 0 Å². The lowest BCUT2D eigenvalue weighted by atomic mass is 9.91. The van der Waals surface area contributed by atoms with Gasteiger partial charge in [0.05, 0.1) is 5.52 Å². The van der Waals surface area contributed by atoms with Gasteiger partial charge in [0.15, 0.2) is 0 Å². The summed E-state index contributed by atoms with van der Waals surface area (Å²) in [6, 6.07) is 11.6. The summed E-state index contributed by atoms with van der Waals surface area (Å²) >= 11 is 0. The minimum absolute atomic E-state index is 0.423. The van der Waals surface area contributed by atoms with Crippen molar-refractivity contribution in [3.05, 3.63) is 42.1 Å². The van der Waals surface area contributed by atoms with E-state index in [2.05, 4.69) is 54.1 Å². The zero-order chi connectivity index (χ0) is 13.0. The highest BCUT2D eigenvalue weighted by molar-refractivity contribution is 5.84. The third-order valence-electron chi connectivity index (χ3n) is 5.08. The predicted octanol–water partition coefficient (Wildman–Crippen LogP) is 3.22. The Labute approximate surface area is 114 Å². The van der Waals surface area contributed by atoms with E-state index in [-0.39, 0.29) is 0 Å². The predicted molar refractivity (Wildman–Crippen MR) is 78.2 cm³/mol. The summed E-state index contributed by atoms with van der Waals surface area (Å²) in [5.74, 6) is 0.862. The number of benzene rings is 1. The van der Waals surface area contributed by atoms with Crippen molar-refractivity contribution in [2.45, 2.75) is 31.7 Å². The van der Waals surface area contributed by atoms with E-state index in [1.807, 2.05) is 6.20 Å². The highest BCUT2D eigenvalue weighted by Crippen LogP contribution is 2.60. The molecule has 2 aliphatic rings. The molecule has 2 heteroatoms. The van der Waals surface area contributed by atoms with Gasteiger partial charge in [0.25, 0.3) is 0 Å². The fourth-order valence-electron chi connectivity index (χ4n) is 3.87. The molecule has 4 rings (SSSR count). The van der Waals surface area contributed by atoms with Crippen LogP contribution in [0.2, 0.25) is 0 Å². The van der Waals surface area contributed by atoms with Crippen LogP contribution < -0.4 is 0 Å². The van der Waals surface area contributed by atoms with E-state index in [0.717, 1.165) is 11.4 Å². The first kappa shape index (κ1) is 11.4. The van der Waals surface area contributed by atoms with Crippen LogP contribution in [-0.2, 0) is 5.41 Å². The molecule has 1 aromatic heterocycles. The summed E-state index contributed by atoms with van der Waals surface area (Å²) in [5, 5.41) is 1.36. The zero-order valence-electron chi connectivity index (χ0n) is 11.6. The monoisotopic (exact) mass is 252 g/mol. The zero-order valence-corrected chi connectivity index (χ0v) is 11.6. The smallest absolute Gasteiger partial charge is 0.0704 e. The lowest BCUT2D eigenvalue weighted by molar-refractivity contribution is 0.243. The maximum atomic E-state index is 4.50. The normalized spacial score (nSPS) is 29.9. The number of nitrogens with zero attached hydrogens (tertiary/aromatic N) is 2. The molecular formula is C17H20N2. The Hall–Kier alpha value is -1.41. The molecule has 0 radical (unpaired) electrons. The van der Waals surface area contributed by atoms with Crippen LogP contribution in [0.1, 0.15) is 25.8 Å². The van der Waals surface area contributed by atoms with Crippen molar-refractivity contribution in [1.82, 2.24) is 9.88 Å². The van der Waals surface area contributed by atoms with E-state index >= 15 is 0 Å². The molecule has 1 aliphatic heterocycles. The molecule has 1 saturated carbocycles. The molecule has 98 valence electrons. The number of pyridine rings is 1. The van der Waals surface area contributed by atoms with Crippen molar-refractivity contribution in [3.63, 3.8) is 0 Å². The van der Waals surface area contributed by atoms with E-state index in [1.54, 1.807) is 0 Å². The third kappa shape index (κ3) is 1.56. The maximum absolute atomic E-state index is 4.50. The number of hydrogen-bond acceptors (Lipinski definition) is 2. The first-order chi connectivity index (χ1) is 9.21. The van der Waals surface area contributed by atoms with Crippen LogP contribution in [0.25, 0.3) is 10.9 Å². The van der Waals surface area contributed by atoms with E-state index in [9.17, 15) is 0 Å². The van der Waals surface area contributed by atoms with Gasteiger partial charge in [-0.3, -0.25) is 9.88 Å². The van der Waals surface area contributed by atoms with E-state index in [4.69, 9.17) is 0 Å². The Balaban J connectivity index is 1.80. The lowest BCUT2D eigenvalue weighted by Crippen LogP contribution is -2.32. The second kappa shape index (κ2) is 3.80. The molecule has 2 nitrogen and oxygen atoms in total. The average molecular weight is 252 g/mol. The Morgan fingerprint density at radius 1 is 1.26 bits per heavy atom. The fraction of sp³-hybridized carbons (Fsp3) is 0.471. The maximum Gasteiger partial charge on any atom is 0.0704 e. The van der Waals surface area contributed by atoms with Crippen molar-refractivity contribution in [2.75, 3.05) is 13.1 Å². The molecule has 2 aromatic rings. The Morgan fingerprint density at radius 3 is 2.95 bits per heavy atom. The van der Waals surface area contributed by atoms with E-state index in [0.29, 0.717) is 11.5 Å². The standard InChI is InChI=1S/C17H20N2/c1-12(2)19-10-13-9-17(13,11-19)15-6-3-7-16-14(15)5-4-8-18-16/h3-8,12-13H,9-11H2,1-2H3. The largest absolute Gasteiger partial charge is 0.300 e. The van der Waals surface area contributed by atoms with Gasteiger partial charge in [-0.15, -0.1) is 0 Å². The Bertz CT molecular complexity index is 629. The summed E-state index contributed by atoms with van der Waals surface area (Å²) in [7, 11) is 0. The molecule has 19 heavy (non-hydrogen) atoms. The molecule has 2 heterocycles. The molecule has 0 amide bonds. The molecular weight excluding hydrogens is 232 g/mol. The van der Waals surface area contributed by atoms with Crippen LogP contribution in [0.15, 0.2) is 36.5 Å². The van der Waals surface area contributed by atoms with Crippen LogP contribution in [0.5, 0.6) is 0 Å². The number of aromatic nitrogens is 1. The topological polar surface area (TPSA) is 16.1 Å². The van der Waals surface area contributed by atoms with Gasteiger partial charge in [-0.05, 0) is 43.9 Å². The van der Waals surface area contributed by atoms with Crippen LogP contribution in [-0.4, -0.2) is 29.0 Å². The molecule has 1 aliphatic carbocycles. The van der Waals surface area contributed by atoms with Gasteiger partial charge < -0.3 is 0 Å². The third-order valence-corrected chi connectivity index (χ3v) is 5.08.